The summed E-state index contributed by atoms with van der Waals surface area (Å²) in [5.41, 5.74) is 5.59. The highest BCUT2D eigenvalue weighted by Crippen LogP contribution is 2.22. The smallest absolute Gasteiger partial charge is 0.306 e. The Morgan fingerprint density at radius 3 is 2.80 bits per heavy atom. The Kier molecular flexibility index (Phi) is 5.94. The molecule has 0 aliphatic heterocycles. The van der Waals surface area contributed by atoms with Gasteiger partial charge in [0, 0.05) is 23.8 Å². The molecule has 0 radical (unpaired) electrons. The van der Waals surface area contributed by atoms with Crippen LogP contribution in [0.5, 0.6) is 0 Å². The number of nitrogens with zero attached hydrogens (tertiary/aromatic N) is 1. The van der Waals surface area contributed by atoms with E-state index in [-0.39, 0.29) is 18.3 Å². The van der Waals surface area contributed by atoms with Gasteiger partial charge in [-0.15, -0.1) is 11.3 Å². The lowest BCUT2D eigenvalue weighted by Crippen LogP contribution is -2.35. The van der Waals surface area contributed by atoms with Crippen LogP contribution < -0.4 is 11.1 Å². The number of aryl methyl sites for hydroxylation is 1. The van der Waals surface area contributed by atoms with Crippen molar-refractivity contribution in [2.24, 2.45) is 5.73 Å². The van der Waals surface area contributed by atoms with Crippen molar-refractivity contribution in [2.45, 2.75) is 45.6 Å². The molecular weight excluding hydrogens is 278 g/mol. The zero-order chi connectivity index (χ0) is 15.2. The molecule has 0 bridgehead atoms. The van der Waals surface area contributed by atoms with E-state index in [0.717, 1.165) is 10.8 Å². The first kappa shape index (κ1) is 16.4. The van der Waals surface area contributed by atoms with Gasteiger partial charge in [0.05, 0.1) is 18.7 Å². The number of hydrogen-bond donors (Lipinski definition) is 2. The maximum atomic E-state index is 11.3. The number of ether oxygens (including phenoxy) is 1. The summed E-state index contributed by atoms with van der Waals surface area (Å²) in [7, 11) is 0. The number of nitrogens with two attached hydrogens (primary N) is 1. The zero-order valence-electron chi connectivity index (χ0n) is 12.1. The Bertz CT molecular complexity index is 471. The first-order chi connectivity index (χ1) is 9.32. The largest absolute Gasteiger partial charge is 0.466 e. The van der Waals surface area contributed by atoms with Crippen molar-refractivity contribution in [2.75, 3.05) is 11.9 Å². The van der Waals surface area contributed by atoms with Crippen LogP contribution in [-0.4, -0.2) is 29.0 Å². The van der Waals surface area contributed by atoms with E-state index >= 15 is 0 Å². The summed E-state index contributed by atoms with van der Waals surface area (Å²) in [5, 5.41) is 5.78. The molecule has 6 nitrogen and oxygen atoms in total. The molecule has 0 atom stereocenters. The van der Waals surface area contributed by atoms with Crippen molar-refractivity contribution in [3.8, 4) is 0 Å². The molecule has 1 aromatic rings. The van der Waals surface area contributed by atoms with Gasteiger partial charge >= 0.3 is 5.97 Å². The Morgan fingerprint density at radius 2 is 2.20 bits per heavy atom. The normalized spacial score (nSPS) is 11.2. The van der Waals surface area contributed by atoms with Crippen LogP contribution in [0.25, 0.3) is 0 Å². The highest BCUT2D eigenvalue weighted by Gasteiger charge is 2.21. The predicted octanol–water partition coefficient (Wildman–Crippen LogP) is 1.70. The van der Waals surface area contributed by atoms with E-state index in [0.29, 0.717) is 19.4 Å². The van der Waals surface area contributed by atoms with Crippen molar-refractivity contribution in [1.29, 1.82) is 0 Å². The van der Waals surface area contributed by atoms with Gasteiger partial charge in [0.1, 0.15) is 0 Å². The molecule has 0 unspecified atom stereocenters. The summed E-state index contributed by atoms with van der Waals surface area (Å²) in [6.45, 7) is 5.95. The molecule has 0 aliphatic carbocycles. The van der Waals surface area contributed by atoms with Gasteiger partial charge in [0.15, 0.2) is 5.13 Å². The van der Waals surface area contributed by atoms with Crippen LogP contribution in [0.1, 0.15) is 39.3 Å². The first-order valence-electron chi connectivity index (χ1n) is 6.49. The van der Waals surface area contributed by atoms with Gasteiger partial charge in [0.2, 0.25) is 5.91 Å². The SMILES string of the molecule is CCOC(=O)CCc1csc(NC(C)(C)CC(N)=O)n1. The Labute approximate surface area is 122 Å². The van der Waals surface area contributed by atoms with Crippen LogP contribution in [0.15, 0.2) is 5.38 Å². The van der Waals surface area contributed by atoms with E-state index in [4.69, 9.17) is 10.5 Å². The number of hydrogen-bond acceptors (Lipinski definition) is 6. The third-order valence-electron chi connectivity index (χ3n) is 2.50. The number of nitrogens with one attached hydrogen (secondary N) is 1. The number of primary amides is 1. The minimum Gasteiger partial charge on any atom is -0.466 e. The number of esters is 1. The molecule has 1 aromatic heterocycles. The molecule has 1 heterocycles. The van der Waals surface area contributed by atoms with E-state index in [9.17, 15) is 9.59 Å². The summed E-state index contributed by atoms with van der Waals surface area (Å²) < 4.78 is 4.86. The molecule has 0 spiro atoms. The monoisotopic (exact) mass is 299 g/mol. The van der Waals surface area contributed by atoms with Gasteiger partial charge in [-0.1, -0.05) is 0 Å². The maximum absolute atomic E-state index is 11.3. The van der Waals surface area contributed by atoms with Crippen molar-refractivity contribution in [3.63, 3.8) is 0 Å². The van der Waals surface area contributed by atoms with Gasteiger partial charge in [-0.2, -0.15) is 0 Å². The molecule has 0 fully saturated rings. The fourth-order valence-electron chi connectivity index (χ4n) is 1.71. The molecule has 1 amide bonds. The minimum absolute atomic E-state index is 0.218. The van der Waals surface area contributed by atoms with Gasteiger partial charge in [-0.05, 0) is 20.8 Å². The first-order valence-corrected chi connectivity index (χ1v) is 7.37. The van der Waals surface area contributed by atoms with Crippen molar-refractivity contribution < 1.29 is 14.3 Å². The number of aromatic nitrogens is 1. The Morgan fingerprint density at radius 1 is 1.50 bits per heavy atom. The molecule has 3 N–H and O–H groups in total. The molecule has 7 heteroatoms. The van der Waals surface area contributed by atoms with Gasteiger partial charge in [-0.3, -0.25) is 9.59 Å². The Balaban J connectivity index is 2.51. The summed E-state index contributed by atoms with van der Waals surface area (Å²) in [6.07, 6.45) is 1.10. The second-order valence-corrected chi connectivity index (χ2v) is 5.96. The van der Waals surface area contributed by atoms with Gasteiger partial charge in [0.25, 0.3) is 0 Å². The number of amides is 1. The third-order valence-corrected chi connectivity index (χ3v) is 3.31. The number of thiazole rings is 1. The second-order valence-electron chi connectivity index (χ2n) is 5.10. The van der Waals surface area contributed by atoms with Crippen LogP contribution in [-0.2, 0) is 20.7 Å². The third kappa shape index (κ3) is 6.01. The predicted molar refractivity (Wildman–Crippen MR) is 78.6 cm³/mol. The topological polar surface area (TPSA) is 94.3 Å². The van der Waals surface area contributed by atoms with Crippen LogP contribution in [0.4, 0.5) is 5.13 Å². The number of anilines is 1. The highest BCUT2D eigenvalue weighted by molar-refractivity contribution is 7.13. The van der Waals surface area contributed by atoms with Crippen LogP contribution in [0.3, 0.4) is 0 Å². The zero-order valence-corrected chi connectivity index (χ0v) is 12.9. The highest BCUT2D eigenvalue weighted by atomic mass is 32.1. The molecular formula is C13H21N3O3S. The van der Waals surface area contributed by atoms with E-state index in [1.54, 1.807) is 6.92 Å². The molecule has 20 heavy (non-hydrogen) atoms. The summed E-state index contributed by atoms with van der Waals surface area (Å²) >= 11 is 1.44. The molecule has 1 rings (SSSR count). The average molecular weight is 299 g/mol. The second kappa shape index (κ2) is 7.23. The number of rotatable bonds is 8. The van der Waals surface area contributed by atoms with Crippen molar-refractivity contribution in [3.05, 3.63) is 11.1 Å². The van der Waals surface area contributed by atoms with Crippen molar-refractivity contribution >= 4 is 28.3 Å². The molecule has 0 aliphatic rings. The van der Waals surface area contributed by atoms with Crippen molar-refractivity contribution in [1.82, 2.24) is 4.98 Å². The molecule has 0 saturated carbocycles. The standard InChI is InChI=1S/C13H21N3O3S/c1-4-19-11(18)6-5-9-8-20-12(15-9)16-13(2,3)7-10(14)17/h8H,4-7H2,1-3H3,(H2,14,17)(H,15,16). The van der Waals surface area contributed by atoms with Crippen LogP contribution in [0, 0.1) is 0 Å². The van der Waals surface area contributed by atoms with E-state index < -0.39 is 5.54 Å². The Hall–Kier alpha value is -1.63. The van der Waals surface area contributed by atoms with Crippen LogP contribution in [0.2, 0.25) is 0 Å². The summed E-state index contributed by atoms with van der Waals surface area (Å²) in [4.78, 5) is 26.6. The fraction of sp³-hybridized carbons (Fsp3) is 0.615. The molecule has 112 valence electrons. The lowest BCUT2D eigenvalue weighted by atomic mass is 10.0. The number of carbonyl (C=O) groups is 2. The van der Waals surface area contributed by atoms with E-state index in [1.165, 1.54) is 11.3 Å². The number of carbonyl (C=O) groups excluding carboxylic acids is 2. The summed E-state index contributed by atoms with van der Waals surface area (Å²) in [5.74, 6) is -0.578. The fourth-order valence-corrected chi connectivity index (χ4v) is 2.64. The van der Waals surface area contributed by atoms with Crippen LogP contribution >= 0.6 is 11.3 Å². The van der Waals surface area contributed by atoms with E-state index in [2.05, 4.69) is 10.3 Å². The molecule has 0 aromatic carbocycles. The maximum Gasteiger partial charge on any atom is 0.306 e. The van der Waals surface area contributed by atoms with Gasteiger partial charge in [-0.25, -0.2) is 4.98 Å². The lowest BCUT2D eigenvalue weighted by Gasteiger charge is -2.24. The average Bonchev–Trinajstić information content (AvgIpc) is 2.71. The summed E-state index contributed by atoms with van der Waals surface area (Å²) in [6, 6.07) is 0. The lowest BCUT2D eigenvalue weighted by molar-refractivity contribution is -0.143. The minimum atomic E-state index is -0.442. The molecule has 0 saturated heterocycles. The quantitative estimate of drug-likeness (QED) is 0.713. The van der Waals surface area contributed by atoms with Gasteiger partial charge < -0.3 is 15.8 Å². The van der Waals surface area contributed by atoms with E-state index in [1.807, 2.05) is 19.2 Å².